The highest BCUT2D eigenvalue weighted by Gasteiger charge is 2.20. The molecular weight excluding hydrogens is 360 g/mol. The van der Waals surface area contributed by atoms with Crippen molar-refractivity contribution in [1.82, 2.24) is 14.5 Å². The fourth-order valence-electron chi connectivity index (χ4n) is 3.45. The van der Waals surface area contributed by atoms with Crippen LogP contribution in [0.15, 0.2) is 35.4 Å². The summed E-state index contributed by atoms with van der Waals surface area (Å²) < 4.78 is 1.57. The van der Waals surface area contributed by atoms with Crippen molar-refractivity contribution in [2.24, 2.45) is 5.92 Å². The third-order valence-electron chi connectivity index (χ3n) is 4.97. The van der Waals surface area contributed by atoms with E-state index in [-0.39, 0.29) is 11.5 Å². The molecular formula is C20H22N4O2S. The second kappa shape index (κ2) is 7.60. The Labute approximate surface area is 161 Å². The summed E-state index contributed by atoms with van der Waals surface area (Å²) in [6.07, 6.45) is 5.70. The first-order chi connectivity index (χ1) is 13.1. The van der Waals surface area contributed by atoms with E-state index in [1.165, 1.54) is 11.3 Å². The summed E-state index contributed by atoms with van der Waals surface area (Å²) in [5.74, 6) is 0.631. The number of para-hydroxylation sites is 1. The molecule has 0 bridgehead atoms. The van der Waals surface area contributed by atoms with Gasteiger partial charge in [0.05, 0.1) is 22.9 Å². The predicted molar refractivity (Wildman–Crippen MR) is 107 cm³/mol. The molecule has 6 nitrogen and oxygen atoms in total. The molecule has 7 heteroatoms. The first-order valence-electron chi connectivity index (χ1n) is 9.33. The minimum atomic E-state index is -0.0669. The molecule has 1 aliphatic carbocycles. The van der Waals surface area contributed by atoms with Crippen molar-refractivity contribution in [2.75, 3.05) is 5.32 Å². The zero-order valence-corrected chi connectivity index (χ0v) is 16.1. The number of hydrogen-bond acceptors (Lipinski definition) is 5. The van der Waals surface area contributed by atoms with E-state index >= 15 is 0 Å². The second-order valence-corrected chi connectivity index (χ2v) is 8.23. The number of anilines is 1. The maximum Gasteiger partial charge on any atom is 0.261 e. The van der Waals surface area contributed by atoms with Gasteiger partial charge >= 0.3 is 0 Å². The van der Waals surface area contributed by atoms with E-state index in [0.717, 1.165) is 18.5 Å². The summed E-state index contributed by atoms with van der Waals surface area (Å²) in [6.45, 7) is 2.72. The quantitative estimate of drug-likeness (QED) is 0.734. The molecule has 0 saturated carbocycles. The summed E-state index contributed by atoms with van der Waals surface area (Å²) >= 11 is 1.59. The van der Waals surface area contributed by atoms with E-state index < -0.39 is 0 Å². The monoisotopic (exact) mass is 382 g/mol. The van der Waals surface area contributed by atoms with Crippen molar-refractivity contribution >= 4 is 33.3 Å². The Morgan fingerprint density at radius 1 is 1.37 bits per heavy atom. The number of thiazole rings is 1. The number of carbonyl (C=O) groups excluding carboxylic acids is 1. The molecule has 1 atom stereocenters. The van der Waals surface area contributed by atoms with Crippen LogP contribution in [0.25, 0.3) is 10.9 Å². The third kappa shape index (κ3) is 3.93. The summed E-state index contributed by atoms with van der Waals surface area (Å²) in [7, 11) is 0. The molecule has 140 valence electrons. The Kier molecular flexibility index (Phi) is 5.03. The standard InChI is InChI=1S/C20H22N4O2S/c1-13-8-9-16-17(11-13)27-20(22-16)23-18(25)7-4-10-24-12-21-15-6-3-2-5-14(15)19(24)26/h2-3,5-6,12-13H,4,7-11H2,1H3,(H,22,23,25). The highest BCUT2D eigenvalue weighted by Crippen LogP contribution is 2.32. The lowest BCUT2D eigenvalue weighted by Crippen LogP contribution is -2.21. The second-order valence-electron chi connectivity index (χ2n) is 7.15. The SMILES string of the molecule is CC1CCc2nc(NC(=O)CCCn3cnc4ccccc4c3=O)sc2C1. The molecule has 0 radical (unpaired) electrons. The van der Waals surface area contributed by atoms with E-state index in [0.29, 0.717) is 41.3 Å². The maximum absolute atomic E-state index is 12.4. The minimum absolute atomic E-state index is 0.0593. The minimum Gasteiger partial charge on any atom is -0.302 e. The number of rotatable bonds is 5. The molecule has 3 aromatic rings. The van der Waals surface area contributed by atoms with Crippen molar-refractivity contribution in [3.63, 3.8) is 0 Å². The van der Waals surface area contributed by atoms with Crippen LogP contribution in [-0.2, 0) is 24.2 Å². The van der Waals surface area contributed by atoms with Gasteiger partial charge in [-0.25, -0.2) is 9.97 Å². The van der Waals surface area contributed by atoms with Crippen molar-refractivity contribution in [2.45, 2.75) is 45.6 Å². The van der Waals surface area contributed by atoms with E-state index in [1.807, 2.05) is 18.2 Å². The highest BCUT2D eigenvalue weighted by molar-refractivity contribution is 7.15. The summed E-state index contributed by atoms with van der Waals surface area (Å²) in [5.41, 5.74) is 1.77. The van der Waals surface area contributed by atoms with Gasteiger partial charge in [0.1, 0.15) is 0 Å². The molecule has 0 aliphatic heterocycles. The van der Waals surface area contributed by atoms with E-state index in [9.17, 15) is 9.59 Å². The van der Waals surface area contributed by atoms with Gasteiger partial charge in [0, 0.05) is 17.8 Å². The Morgan fingerprint density at radius 3 is 3.11 bits per heavy atom. The molecule has 1 aromatic carbocycles. The number of aryl methyl sites for hydroxylation is 2. The number of nitrogens with one attached hydrogen (secondary N) is 1. The molecule has 1 aliphatic rings. The molecule has 27 heavy (non-hydrogen) atoms. The molecule has 1 N–H and O–H groups in total. The van der Waals surface area contributed by atoms with Crippen LogP contribution >= 0.6 is 11.3 Å². The van der Waals surface area contributed by atoms with Crippen LogP contribution in [0.3, 0.4) is 0 Å². The van der Waals surface area contributed by atoms with Crippen molar-refractivity contribution in [3.05, 3.63) is 51.5 Å². The van der Waals surface area contributed by atoms with Crippen LogP contribution in [0.4, 0.5) is 5.13 Å². The first kappa shape index (κ1) is 17.9. The van der Waals surface area contributed by atoms with Crippen LogP contribution in [0.2, 0.25) is 0 Å². The van der Waals surface area contributed by atoms with E-state index in [2.05, 4.69) is 22.2 Å². The summed E-state index contributed by atoms with van der Waals surface area (Å²) in [5, 5.41) is 4.21. The Balaban J connectivity index is 1.34. The van der Waals surface area contributed by atoms with E-state index in [1.54, 1.807) is 28.3 Å². The summed E-state index contributed by atoms with van der Waals surface area (Å²) in [6, 6.07) is 7.29. The third-order valence-corrected chi connectivity index (χ3v) is 6.00. The molecule has 1 unspecified atom stereocenters. The van der Waals surface area contributed by atoms with Gasteiger partial charge in [-0.3, -0.25) is 14.2 Å². The van der Waals surface area contributed by atoms with Crippen LogP contribution < -0.4 is 10.9 Å². The fourth-order valence-corrected chi connectivity index (χ4v) is 4.64. The molecule has 2 aromatic heterocycles. The predicted octanol–water partition coefficient (Wildman–Crippen LogP) is 3.40. The molecule has 0 fully saturated rings. The Hall–Kier alpha value is -2.54. The topological polar surface area (TPSA) is 76.9 Å². The van der Waals surface area contributed by atoms with Crippen LogP contribution in [0.5, 0.6) is 0 Å². The molecule has 1 amide bonds. The average Bonchev–Trinajstić information content (AvgIpc) is 3.05. The van der Waals surface area contributed by atoms with Crippen LogP contribution in [0.1, 0.15) is 36.8 Å². The maximum atomic E-state index is 12.4. The van der Waals surface area contributed by atoms with E-state index in [4.69, 9.17) is 0 Å². The number of benzene rings is 1. The zero-order valence-electron chi connectivity index (χ0n) is 15.3. The number of amides is 1. The number of nitrogens with zero attached hydrogens (tertiary/aromatic N) is 3. The smallest absolute Gasteiger partial charge is 0.261 e. The first-order valence-corrected chi connectivity index (χ1v) is 10.1. The molecule has 0 spiro atoms. The number of hydrogen-bond donors (Lipinski definition) is 1. The molecule has 0 saturated heterocycles. The highest BCUT2D eigenvalue weighted by atomic mass is 32.1. The van der Waals surface area contributed by atoms with Gasteiger partial charge in [-0.1, -0.05) is 19.1 Å². The zero-order chi connectivity index (χ0) is 18.8. The lowest BCUT2D eigenvalue weighted by molar-refractivity contribution is -0.116. The normalized spacial score (nSPS) is 16.3. The number of aromatic nitrogens is 3. The largest absolute Gasteiger partial charge is 0.302 e. The number of fused-ring (bicyclic) bond motifs is 2. The Morgan fingerprint density at radius 2 is 2.22 bits per heavy atom. The molecule has 4 rings (SSSR count). The van der Waals surface area contributed by atoms with Crippen LogP contribution in [-0.4, -0.2) is 20.4 Å². The van der Waals surface area contributed by atoms with Gasteiger partial charge in [-0.05, 0) is 43.7 Å². The number of carbonyl (C=O) groups is 1. The van der Waals surface area contributed by atoms with Gasteiger partial charge in [-0.2, -0.15) is 0 Å². The van der Waals surface area contributed by atoms with Gasteiger partial charge in [0.15, 0.2) is 5.13 Å². The van der Waals surface area contributed by atoms with Gasteiger partial charge in [-0.15, -0.1) is 11.3 Å². The molecule has 2 heterocycles. The average molecular weight is 382 g/mol. The fraction of sp³-hybridized carbons (Fsp3) is 0.400. The lowest BCUT2D eigenvalue weighted by atomic mass is 9.93. The Bertz CT molecular complexity index is 1040. The van der Waals surface area contributed by atoms with Gasteiger partial charge in [0.25, 0.3) is 5.56 Å². The lowest BCUT2D eigenvalue weighted by Gasteiger charge is -2.15. The van der Waals surface area contributed by atoms with Gasteiger partial charge < -0.3 is 5.32 Å². The van der Waals surface area contributed by atoms with Crippen molar-refractivity contribution in [1.29, 1.82) is 0 Å². The van der Waals surface area contributed by atoms with Gasteiger partial charge in [0.2, 0.25) is 5.91 Å². The van der Waals surface area contributed by atoms with Crippen LogP contribution in [0, 0.1) is 5.92 Å². The van der Waals surface area contributed by atoms with Crippen molar-refractivity contribution in [3.8, 4) is 0 Å². The van der Waals surface area contributed by atoms with Crippen molar-refractivity contribution < 1.29 is 4.79 Å². The summed E-state index contributed by atoms with van der Waals surface area (Å²) in [4.78, 5) is 34.8.